The Morgan fingerprint density at radius 3 is 2.67 bits per heavy atom. The van der Waals surface area contributed by atoms with Gasteiger partial charge in [0.05, 0.1) is 6.21 Å². The molecule has 1 aromatic heterocycles. The molecule has 18 heavy (non-hydrogen) atoms. The SMILES string of the molecule is N/C(=N/N=C/c1ccccc1Br)c1ccccn1. The van der Waals surface area contributed by atoms with Crippen LogP contribution in [0.2, 0.25) is 0 Å². The number of hydrogen-bond acceptors (Lipinski definition) is 3. The fraction of sp³-hybridized carbons (Fsp3) is 0. The molecule has 5 heteroatoms. The molecule has 0 aliphatic carbocycles. The van der Waals surface area contributed by atoms with Crippen molar-refractivity contribution in [3.05, 3.63) is 64.4 Å². The lowest BCUT2D eigenvalue weighted by molar-refractivity contribution is 1.19. The van der Waals surface area contributed by atoms with Gasteiger partial charge in [-0.2, -0.15) is 5.10 Å². The number of amidine groups is 1. The largest absolute Gasteiger partial charge is 0.380 e. The third-order valence-electron chi connectivity index (χ3n) is 2.19. The molecular formula is C13H11BrN4. The highest BCUT2D eigenvalue weighted by atomic mass is 79.9. The molecule has 0 saturated carbocycles. The number of nitrogens with zero attached hydrogens (tertiary/aromatic N) is 3. The van der Waals surface area contributed by atoms with Crippen LogP contribution in [0.5, 0.6) is 0 Å². The number of halogens is 1. The highest BCUT2D eigenvalue weighted by Crippen LogP contribution is 2.13. The van der Waals surface area contributed by atoms with E-state index in [4.69, 9.17) is 5.73 Å². The summed E-state index contributed by atoms with van der Waals surface area (Å²) in [5.74, 6) is 0.291. The normalized spacial score (nSPS) is 11.9. The van der Waals surface area contributed by atoms with Crippen molar-refractivity contribution in [1.82, 2.24) is 4.98 Å². The van der Waals surface area contributed by atoms with Crippen LogP contribution in [-0.2, 0) is 0 Å². The average Bonchev–Trinajstić information content (AvgIpc) is 2.42. The number of pyridine rings is 1. The Balaban J connectivity index is 2.14. The van der Waals surface area contributed by atoms with Gasteiger partial charge in [-0.15, -0.1) is 5.10 Å². The van der Waals surface area contributed by atoms with Gasteiger partial charge in [0, 0.05) is 16.2 Å². The lowest BCUT2D eigenvalue weighted by Gasteiger charge is -1.96. The number of rotatable bonds is 3. The predicted molar refractivity (Wildman–Crippen MR) is 76.7 cm³/mol. The molecule has 0 spiro atoms. The summed E-state index contributed by atoms with van der Waals surface area (Å²) in [6.45, 7) is 0. The second kappa shape index (κ2) is 6.07. The molecule has 4 nitrogen and oxygen atoms in total. The van der Waals surface area contributed by atoms with Crippen LogP contribution in [0.25, 0.3) is 0 Å². The van der Waals surface area contributed by atoms with Gasteiger partial charge in [-0.3, -0.25) is 4.98 Å². The Morgan fingerprint density at radius 1 is 1.17 bits per heavy atom. The fourth-order valence-electron chi connectivity index (χ4n) is 1.30. The third kappa shape index (κ3) is 3.24. The first kappa shape index (κ1) is 12.4. The maximum atomic E-state index is 5.76. The maximum absolute atomic E-state index is 5.76. The minimum absolute atomic E-state index is 0.291. The Kier molecular flexibility index (Phi) is 4.20. The molecule has 1 heterocycles. The van der Waals surface area contributed by atoms with Crippen molar-refractivity contribution < 1.29 is 0 Å². The quantitative estimate of drug-likeness (QED) is 0.538. The molecule has 0 bridgehead atoms. The van der Waals surface area contributed by atoms with Gasteiger partial charge in [-0.25, -0.2) is 0 Å². The van der Waals surface area contributed by atoms with Gasteiger partial charge in [0.1, 0.15) is 5.69 Å². The molecule has 2 rings (SSSR count). The summed E-state index contributed by atoms with van der Waals surface area (Å²) in [5.41, 5.74) is 7.31. The molecule has 0 aliphatic rings. The number of nitrogens with two attached hydrogens (primary N) is 1. The van der Waals surface area contributed by atoms with E-state index in [1.807, 2.05) is 36.4 Å². The topological polar surface area (TPSA) is 63.6 Å². The van der Waals surface area contributed by atoms with Gasteiger partial charge in [0.15, 0.2) is 5.84 Å². The molecule has 0 saturated heterocycles. The Labute approximate surface area is 113 Å². The van der Waals surface area contributed by atoms with Gasteiger partial charge < -0.3 is 5.73 Å². The van der Waals surface area contributed by atoms with Crippen LogP contribution in [-0.4, -0.2) is 17.0 Å². The minimum atomic E-state index is 0.291. The van der Waals surface area contributed by atoms with Crippen molar-refractivity contribution in [1.29, 1.82) is 0 Å². The molecule has 0 aliphatic heterocycles. The summed E-state index contributed by atoms with van der Waals surface area (Å²) in [6, 6.07) is 13.2. The molecular weight excluding hydrogens is 292 g/mol. The van der Waals surface area contributed by atoms with Crippen molar-refractivity contribution in [2.45, 2.75) is 0 Å². The maximum Gasteiger partial charge on any atom is 0.171 e. The number of benzene rings is 1. The zero-order chi connectivity index (χ0) is 12.8. The van der Waals surface area contributed by atoms with E-state index in [9.17, 15) is 0 Å². The average molecular weight is 303 g/mol. The summed E-state index contributed by atoms with van der Waals surface area (Å²) in [5, 5.41) is 7.86. The number of hydrogen-bond donors (Lipinski definition) is 1. The smallest absolute Gasteiger partial charge is 0.171 e. The molecule has 2 aromatic rings. The fourth-order valence-corrected chi connectivity index (χ4v) is 1.69. The van der Waals surface area contributed by atoms with E-state index in [0.717, 1.165) is 10.0 Å². The van der Waals surface area contributed by atoms with Gasteiger partial charge in [0.25, 0.3) is 0 Å². The van der Waals surface area contributed by atoms with Crippen LogP contribution in [0.1, 0.15) is 11.3 Å². The van der Waals surface area contributed by atoms with Crippen molar-refractivity contribution >= 4 is 28.0 Å². The standard InChI is InChI=1S/C13H11BrN4/c14-11-6-2-1-5-10(11)9-17-18-13(15)12-7-3-4-8-16-12/h1-9H,(H2,15,18)/b17-9+. The first-order chi connectivity index (χ1) is 8.77. The second-order valence-corrected chi connectivity index (χ2v) is 4.32. The zero-order valence-electron chi connectivity index (χ0n) is 9.49. The van der Waals surface area contributed by atoms with E-state index in [-0.39, 0.29) is 0 Å². The van der Waals surface area contributed by atoms with E-state index in [1.54, 1.807) is 18.5 Å². The van der Waals surface area contributed by atoms with Crippen LogP contribution in [0.15, 0.2) is 63.3 Å². The van der Waals surface area contributed by atoms with E-state index < -0.39 is 0 Å². The molecule has 0 atom stereocenters. The second-order valence-electron chi connectivity index (χ2n) is 3.47. The zero-order valence-corrected chi connectivity index (χ0v) is 11.1. The van der Waals surface area contributed by atoms with Gasteiger partial charge in [-0.1, -0.05) is 40.2 Å². The van der Waals surface area contributed by atoms with Crippen LogP contribution in [0.4, 0.5) is 0 Å². The van der Waals surface area contributed by atoms with Gasteiger partial charge in [-0.05, 0) is 18.2 Å². The Hall–Kier alpha value is -2.01. The van der Waals surface area contributed by atoms with Crippen molar-refractivity contribution in [2.24, 2.45) is 15.9 Å². The summed E-state index contributed by atoms with van der Waals surface area (Å²) in [7, 11) is 0. The van der Waals surface area contributed by atoms with E-state index in [0.29, 0.717) is 11.5 Å². The molecule has 0 amide bonds. The van der Waals surface area contributed by atoms with Crippen LogP contribution < -0.4 is 5.73 Å². The monoisotopic (exact) mass is 302 g/mol. The lowest BCUT2D eigenvalue weighted by atomic mass is 10.2. The van der Waals surface area contributed by atoms with Crippen molar-refractivity contribution in [3.63, 3.8) is 0 Å². The first-order valence-corrected chi connectivity index (χ1v) is 6.09. The van der Waals surface area contributed by atoms with Gasteiger partial charge >= 0.3 is 0 Å². The molecule has 0 fully saturated rings. The lowest BCUT2D eigenvalue weighted by Crippen LogP contribution is -2.14. The molecule has 0 unspecified atom stereocenters. The summed E-state index contributed by atoms with van der Waals surface area (Å²) < 4.78 is 0.959. The van der Waals surface area contributed by atoms with Crippen molar-refractivity contribution in [3.8, 4) is 0 Å². The third-order valence-corrected chi connectivity index (χ3v) is 2.92. The van der Waals surface area contributed by atoms with E-state index >= 15 is 0 Å². The Morgan fingerprint density at radius 2 is 1.94 bits per heavy atom. The van der Waals surface area contributed by atoms with Crippen LogP contribution in [0, 0.1) is 0 Å². The van der Waals surface area contributed by atoms with Crippen molar-refractivity contribution in [2.75, 3.05) is 0 Å². The highest BCUT2D eigenvalue weighted by molar-refractivity contribution is 9.10. The molecule has 1 aromatic carbocycles. The molecule has 2 N–H and O–H groups in total. The molecule has 0 radical (unpaired) electrons. The predicted octanol–water partition coefficient (Wildman–Crippen LogP) is 2.58. The summed E-state index contributed by atoms with van der Waals surface area (Å²) in [4.78, 5) is 4.08. The van der Waals surface area contributed by atoms with E-state index in [2.05, 4.69) is 31.1 Å². The molecule has 90 valence electrons. The first-order valence-electron chi connectivity index (χ1n) is 5.30. The number of aromatic nitrogens is 1. The minimum Gasteiger partial charge on any atom is -0.380 e. The Bertz CT molecular complexity index is 579. The van der Waals surface area contributed by atoms with Crippen LogP contribution in [0.3, 0.4) is 0 Å². The van der Waals surface area contributed by atoms with Gasteiger partial charge in [0.2, 0.25) is 0 Å². The van der Waals surface area contributed by atoms with E-state index in [1.165, 1.54) is 0 Å². The van der Waals surface area contributed by atoms with Crippen LogP contribution >= 0.6 is 15.9 Å². The highest BCUT2D eigenvalue weighted by Gasteiger charge is 1.97. The summed E-state index contributed by atoms with van der Waals surface area (Å²) >= 11 is 3.43. The summed E-state index contributed by atoms with van der Waals surface area (Å²) in [6.07, 6.45) is 3.30.